The van der Waals surface area contributed by atoms with Gasteiger partial charge >= 0.3 is 0 Å². The third-order valence-corrected chi connectivity index (χ3v) is 5.21. The smallest absolute Gasteiger partial charge is 0.252 e. The molecule has 0 radical (unpaired) electrons. The zero-order chi connectivity index (χ0) is 15.4. The molecule has 21 heavy (non-hydrogen) atoms. The summed E-state index contributed by atoms with van der Waals surface area (Å²) in [6.07, 6.45) is 2.54. The molecule has 1 aromatic rings. The summed E-state index contributed by atoms with van der Waals surface area (Å²) in [5.41, 5.74) is 0.674. The van der Waals surface area contributed by atoms with Crippen molar-refractivity contribution >= 4 is 37.8 Å². The minimum Gasteiger partial charge on any atom is -0.350 e. The van der Waals surface area contributed by atoms with Gasteiger partial charge in [-0.1, -0.05) is 29.8 Å². The van der Waals surface area contributed by atoms with Crippen LogP contribution in [0.15, 0.2) is 27.1 Å². The Labute approximate surface area is 143 Å². The van der Waals surface area contributed by atoms with Crippen LogP contribution in [0.2, 0.25) is 0 Å². The normalized spacial score (nSPS) is 17.2. The summed E-state index contributed by atoms with van der Waals surface area (Å²) in [5.74, 6) is 0.516. The average molecular weight is 418 g/mol. The van der Waals surface area contributed by atoms with Gasteiger partial charge in [0.1, 0.15) is 0 Å². The number of carbonyl (C=O) groups excluding carboxylic acids is 1. The van der Waals surface area contributed by atoms with E-state index < -0.39 is 0 Å². The van der Waals surface area contributed by atoms with E-state index in [-0.39, 0.29) is 5.91 Å². The van der Waals surface area contributed by atoms with Crippen molar-refractivity contribution in [1.82, 2.24) is 10.2 Å². The molecular weight excluding hydrogens is 396 g/mol. The first-order chi connectivity index (χ1) is 9.99. The first-order valence-corrected chi connectivity index (χ1v) is 9.05. The predicted octanol–water partition coefficient (Wildman–Crippen LogP) is 4.06. The van der Waals surface area contributed by atoms with E-state index in [1.54, 1.807) is 0 Å². The molecule has 0 aromatic heterocycles. The molecule has 1 amide bonds. The largest absolute Gasteiger partial charge is 0.350 e. The van der Waals surface area contributed by atoms with Gasteiger partial charge in [-0.2, -0.15) is 0 Å². The molecular formula is C16H22Br2N2O. The lowest BCUT2D eigenvalue weighted by molar-refractivity contribution is 0.0926. The van der Waals surface area contributed by atoms with E-state index in [9.17, 15) is 4.79 Å². The zero-order valence-electron chi connectivity index (χ0n) is 12.5. The maximum absolute atomic E-state index is 12.4. The van der Waals surface area contributed by atoms with Gasteiger partial charge in [-0.25, -0.2) is 0 Å². The van der Waals surface area contributed by atoms with Gasteiger partial charge in [0.2, 0.25) is 0 Å². The fraction of sp³-hybridized carbons (Fsp3) is 0.562. The third kappa shape index (κ3) is 4.54. The number of nitrogens with zero attached hydrogens (tertiary/aromatic N) is 1. The highest BCUT2D eigenvalue weighted by molar-refractivity contribution is 9.11. The molecule has 1 fully saturated rings. The van der Waals surface area contributed by atoms with Gasteiger partial charge in [0.25, 0.3) is 5.91 Å². The first-order valence-electron chi connectivity index (χ1n) is 7.46. The van der Waals surface area contributed by atoms with E-state index in [0.717, 1.165) is 22.0 Å². The van der Waals surface area contributed by atoms with Gasteiger partial charge in [-0.3, -0.25) is 9.69 Å². The SMILES string of the molecule is CC(C)C(CNC(=O)c1cc(Br)ccc1Br)N1CCCC1. The molecule has 1 aliphatic heterocycles. The topological polar surface area (TPSA) is 32.3 Å². The average Bonchev–Trinajstić information content (AvgIpc) is 2.95. The molecule has 1 N–H and O–H groups in total. The maximum Gasteiger partial charge on any atom is 0.252 e. The minimum atomic E-state index is -0.0204. The molecule has 0 aliphatic carbocycles. The van der Waals surface area contributed by atoms with Crippen LogP contribution in [0, 0.1) is 5.92 Å². The number of amides is 1. The number of hydrogen-bond acceptors (Lipinski definition) is 2. The summed E-state index contributed by atoms with van der Waals surface area (Å²) < 4.78 is 1.74. The molecule has 116 valence electrons. The van der Waals surface area contributed by atoms with E-state index in [2.05, 4.69) is 55.9 Å². The molecule has 1 heterocycles. The van der Waals surface area contributed by atoms with Gasteiger partial charge in [0, 0.05) is 21.5 Å². The molecule has 0 saturated carbocycles. The van der Waals surface area contributed by atoms with Crippen LogP contribution in [0.3, 0.4) is 0 Å². The summed E-state index contributed by atoms with van der Waals surface area (Å²) in [6, 6.07) is 6.07. The Morgan fingerprint density at radius 2 is 1.95 bits per heavy atom. The minimum absolute atomic E-state index is 0.0204. The molecule has 1 unspecified atom stereocenters. The lowest BCUT2D eigenvalue weighted by Gasteiger charge is -2.31. The zero-order valence-corrected chi connectivity index (χ0v) is 15.7. The highest BCUT2D eigenvalue weighted by atomic mass is 79.9. The van der Waals surface area contributed by atoms with Gasteiger partial charge in [-0.05, 0) is 66.0 Å². The molecule has 0 bridgehead atoms. The van der Waals surface area contributed by atoms with E-state index in [1.165, 1.54) is 12.8 Å². The Balaban J connectivity index is 1.99. The maximum atomic E-state index is 12.4. The molecule has 0 spiro atoms. The second-order valence-corrected chi connectivity index (χ2v) is 7.66. The van der Waals surface area contributed by atoms with Crippen LogP contribution in [0.4, 0.5) is 0 Å². The quantitative estimate of drug-likeness (QED) is 0.783. The van der Waals surface area contributed by atoms with Crippen LogP contribution in [0.1, 0.15) is 37.0 Å². The fourth-order valence-corrected chi connectivity index (χ4v) is 3.61. The monoisotopic (exact) mass is 416 g/mol. The van der Waals surface area contributed by atoms with E-state index in [0.29, 0.717) is 24.1 Å². The van der Waals surface area contributed by atoms with Crippen LogP contribution in [0.5, 0.6) is 0 Å². The number of nitrogens with one attached hydrogen (secondary N) is 1. The number of carbonyl (C=O) groups is 1. The summed E-state index contributed by atoms with van der Waals surface area (Å²) in [6.45, 7) is 7.46. The Morgan fingerprint density at radius 1 is 1.29 bits per heavy atom. The van der Waals surface area contributed by atoms with E-state index in [1.807, 2.05) is 18.2 Å². The lowest BCUT2D eigenvalue weighted by Crippen LogP contribution is -2.45. The molecule has 5 heteroatoms. The van der Waals surface area contributed by atoms with Crippen LogP contribution in [-0.4, -0.2) is 36.5 Å². The van der Waals surface area contributed by atoms with Crippen molar-refractivity contribution in [1.29, 1.82) is 0 Å². The van der Waals surface area contributed by atoms with E-state index >= 15 is 0 Å². The van der Waals surface area contributed by atoms with Crippen molar-refractivity contribution in [2.24, 2.45) is 5.92 Å². The van der Waals surface area contributed by atoms with Gasteiger partial charge < -0.3 is 5.32 Å². The summed E-state index contributed by atoms with van der Waals surface area (Å²) in [4.78, 5) is 14.9. The van der Waals surface area contributed by atoms with Gasteiger partial charge in [-0.15, -0.1) is 0 Å². The fourth-order valence-electron chi connectivity index (χ4n) is 2.82. The second-order valence-electron chi connectivity index (χ2n) is 5.89. The van der Waals surface area contributed by atoms with Crippen molar-refractivity contribution in [3.63, 3.8) is 0 Å². The number of halogens is 2. The molecule has 1 atom stereocenters. The third-order valence-electron chi connectivity index (χ3n) is 4.02. The second kappa shape index (κ2) is 7.75. The highest BCUT2D eigenvalue weighted by Crippen LogP contribution is 2.22. The molecule has 3 nitrogen and oxygen atoms in total. The highest BCUT2D eigenvalue weighted by Gasteiger charge is 2.25. The van der Waals surface area contributed by atoms with Crippen LogP contribution >= 0.6 is 31.9 Å². The molecule has 2 rings (SSSR count). The van der Waals surface area contributed by atoms with Crippen molar-refractivity contribution in [3.8, 4) is 0 Å². The first kappa shape index (κ1) is 17.0. The van der Waals surface area contributed by atoms with Crippen LogP contribution in [0.25, 0.3) is 0 Å². The van der Waals surface area contributed by atoms with Crippen molar-refractivity contribution in [2.45, 2.75) is 32.7 Å². The van der Waals surface area contributed by atoms with Crippen LogP contribution in [-0.2, 0) is 0 Å². The number of hydrogen-bond donors (Lipinski definition) is 1. The van der Waals surface area contributed by atoms with Crippen molar-refractivity contribution in [2.75, 3.05) is 19.6 Å². The van der Waals surface area contributed by atoms with Crippen molar-refractivity contribution in [3.05, 3.63) is 32.7 Å². The predicted molar refractivity (Wildman–Crippen MR) is 93.6 cm³/mol. The van der Waals surface area contributed by atoms with Crippen LogP contribution < -0.4 is 5.32 Å². The Bertz CT molecular complexity index is 499. The Kier molecular flexibility index (Phi) is 6.26. The Morgan fingerprint density at radius 3 is 2.57 bits per heavy atom. The summed E-state index contributed by atoms with van der Waals surface area (Å²) >= 11 is 6.85. The number of likely N-dealkylation sites (tertiary alicyclic amines) is 1. The Hall–Kier alpha value is -0.390. The summed E-state index contributed by atoms with van der Waals surface area (Å²) in [5, 5.41) is 3.09. The summed E-state index contributed by atoms with van der Waals surface area (Å²) in [7, 11) is 0. The molecule has 1 aliphatic rings. The molecule has 1 aromatic carbocycles. The molecule has 1 saturated heterocycles. The van der Waals surface area contributed by atoms with E-state index in [4.69, 9.17) is 0 Å². The number of rotatable bonds is 5. The van der Waals surface area contributed by atoms with Crippen molar-refractivity contribution < 1.29 is 4.79 Å². The standard InChI is InChI=1S/C16H22Br2N2O/c1-11(2)15(20-7-3-4-8-20)10-19-16(21)13-9-12(17)5-6-14(13)18/h5-6,9,11,15H,3-4,7-8,10H2,1-2H3,(H,19,21). The van der Waals surface area contributed by atoms with Gasteiger partial charge in [0.15, 0.2) is 0 Å². The number of benzene rings is 1. The van der Waals surface area contributed by atoms with Gasteiger partial charge in [0.05, 0.1) is 5.56 Å². The lowest BCUT2D eigenvalue weighted by atomic mass is 10.0.